The maximum atomic E-state index is 12.2. The van der Waals surface area contributed by atoms with Gasteiger partial charge in [0.25, 0.3) is 5.91 Å². The first kappa shape index (κ1) is 16.6. The molecule has 2 unspecified atom stereocenters. The van der Waals surface area contributed by atoms with Gasteiger partial charge in [0.05, 0.1) is 24.2 Å². The predicted octanol–water partition coefficient (Wildman–Crippen LogP) is 2.33. The van der Waals surface area contributed by atoms with Crippen molar-refractivity contribution in [2.24, 2.45) is 5.92 Å². The fraction of sp³-hybridized carbons (Fsp3) is 0.500. The van der Waals surface area contributed by atoms with Crippen molar-refractivity contribution in [3.63, 3.8) is 0 Å². The molecule has 3 rings (SSSR count). The van der Waals surface area contributed by atoms with E-state index in [2.05, 4.69) is 15.6 Å². The van der Waals surface area contributed by atoms with E-state index >= 15 is 0 Å². The van der Waals surface area contributed by atoms with E-state index in [0.717, 1.165) is 37.8 Å². The van der Waals surface area contributed by atoms with Crippen LogP contribution in [0.1, 0.15) is 48.9 Å². The molecule has 128 valence electrons. The van der Waals surface area contributed by atoms with Crippen LogP contribution < -0.4 is 5.32 Å². The van der Waals surface area contributed by atoms with E-state index < -0.39 is 0 Å². The van der Waals surface area contributed by atoms with Crippen LogP contribution in [0.2, 0.25) is 0 Å². The molecule has 2 atom stereocenters. The molecule has 1 aromatic carbocycles. The van der Waals surface area contributed by atoms with Gasteiger partial charge in [0.15, 0.2) is 0 Å². The third-order valence-electron chi connectivity index (χ3n) is 4.72. The Morgan fingerprint density at radius 1 is 1.25 bits per heavy atom. The maximum absolute atomic E-state index is 12.2. The molecule has 1 amide bonds. The fourth-order valence-corrected chi connectivity index (χ4v) is 3.30. The summed E-state index contributed by atoms with van der Waals surface area (Å²) in [7, 11) is 0. The van der Waals surface area contributed by atoms with Gasteiger partial charge in [-0.05, 0) is 55.9 Å². The molecule has 1 saturated carbocycles. The first-order chi connectivity index (χ1) is 11.7. The topological polar surface area (TPSA) is 80.0 Å². The summed E-state index contributed by atoms with van der Waals surface area (Å²) < 4.78 is 1.65. The largest absolute Gasteiger partial charge is 0.393 e. The maximum Gasteiger partial charge on any atom is 0.251 e. The average molecular weight is 328 g/mol. The smallest absolute Gasteiger partial charge is 0.251 e. The molecule has 1 aliphatic rings. The van der Waals surface area contributed by atoms with Gasteiger partial charge in [-0.3, -0.25) is 4.79 Å². The number of carbonyl (C=O) groups excluding carboxylic acids is 1. The first-order valence-corrected chi connectivity index (χ1v) is 8.67. The molecule has 0 bridgehead atoms. The van der Waals surface area contributed by atoms with Gasteiger partial charge in [-0.25, -0.2) is 4.68 Å². The van der Waals surface area contributed by atoms with E-state index in [4.69, 9.17) is 0 Å². The van der Waals surface area contributed by atoms with Crippen LogP contribution in [0.15, 0.2) is 36.7 Å². The van der Waals surface area contributed by atoms with Crippen LogP contribution >= 0.6 is 0 Å². The summed E-state index contributed by atoms with van der Waals surface area (Å²) in [5.74, 6) is 0.335. The number of aliphatic hydroxyl groups is 1. The van der Waals surface area contributed by atoms with Crippen molar-refractivity contribution in [2.75, 3.05) is 6.54 Å². The summed E-state index contributed by atoms with van der Waals surface area (Å²) in [6.45, 7) is 0.646. The first-order valence-electron chi connectivity index (χ1n) is 8.67. The van der Waals surface area contributed by atoms with E-state index in [9.17, 15) is 9.90 Å². The van der Waals surface area contributed by atoms with E-state index in [1.165, 1.54) is 6.42 Å². The fourth-order valence-electron chi connectivity index (χ4n) is 3.30. The second-order valence-electron chi connectivity index (χ2n) is 6.40. The van der Waals surface area contributed by atoms with Gasteiger partial charge in [-0.1, -0.05) is 18.1 Å². The second-order valence-corrected chi connectivity index (χ2v) is 6.40. The van der Waals surface area contributed by atoms with Crippen molar-refractivity contribution >= 4 is 5.91 Å². The molecule has 24 heavy (non-hydrogen) atoms. The lowest BCUT2D eigenvalue weighted by Gasteiger charge is -2.27. The molecule has 6 heteroatoms. The minimum Gasteiger partial charge on any atom is -0.393 e. The Hall–Kier alpha value is -2.21. The second kappa shape index (κ2) is 8.06. The number of hydrogen-bond donors (Lipinski definition) is 2. The van der Waals surface area contributed by atoms with Crippen LogP contribution in [0, 0.1) is 5.92 Å². The van der Waals surface area contributed by atoms with Crippen LogP contribution in [0.4, 0.5) is 0 Å². The summed E-state index contributed by atoms with van der Waals surface area (Å²) in [5.41, 5.74) is 1.51. The van der Waals surface area contributed by atoms with Crippen molar-refractivity contribution in [3.8, 4) is 5.69 Å². The Bertz CT molecular complexity index is 640. The van der Waals surface area contributed by atoms with Crippen molar-refractivity contribution in [2.45, 2.75) is 44.6 Å². The number of aliphatic hydroxyl groups excluding tert-OH is 1. The molecule has 1 aliphatic carbocycles. The van der Waals surface area contributed by atoms with Crippen LogP contribution in [0.5, 0.6) is 0 Å². The summed E-state index contributed by atoms with van der Waals surface area (Å²) >= 11 is 0. The van der Waals surface area contributed by atoms with Crippen molar-refractivity contribution in [1.29, 1.82) is 0 Å². The molecular weight excluding hydrogens is 304 g/mol. The third-order valence-corrected chi connectivity index (χ3v) is 4.72. The molecule has 0 saturated heterocycles. The van der Waals surface area contributed by atoms with Crippen LogP contribution in [0.3, 0.4) is 0 Å². The normalized spacial score (nSPS) is 20.7. The number of rotatable bonds is 6. The highest BCUT2D eigenvalue weighted by Gasteiger charge is 2.22. The Labute approximate surface area is 141 Å². The quantitative estimate of drug-likeness (QED) is 0.798. The van der Waals surface area contributed by atoms with E-state index in [-0.39, 0.29) is 12.0 Å². The molecule has 2 N–H and O–H groups in total. The Balaban J connectivity index is 1.43. The number of nitrogens with zero attached hydrogens (tertiary/aromatic N) is 3. The lowest BCUT2D eigenvalue weighted by molar-refractivity contribution is 0.0641. The van der Waals surface area contributed by atoms with Gasteiger partial charge < -0.3 is 10.4 Å². The highest BCUT2D eigenvalue weighted by Crippen LogP contribution is 2.27. The molecular formula is C18H24N4O2. The minimum absolute atomic E-state index is 0.0654. The van der Waals surface area contributed by atoms with Gasteiger partial charge in [-0.2, -0.15) is 0 Å². The number of amides is 1. The number of hydrogen-bond acceptors (Lipinski definition) is 4. The van der Waals surface area contributed by atoms with Gasteiger partial charge in [-0.15, -0.1) is 5.10 Å². The minimum atomic E-state index is -0.154. The molecule has 0 aliphatic heterocycles. The standard InChI is InChI=1S/C18H24N4O2/c23-17-6-2-1-4-14(17)5-3-11-19-18(24)15-7-9-16(10-8-15)22-13-12-20-21-22/h7-10,12-14,17,23H,1-6,11H2,(H,19,24). The number of benzene rings is 1. The number of carbonyl (C=O) groups is 1. The molecule has 2 aromatic rings. The van der Waals surface area contributed by atoms with Crippen LogP contribution in [-0.4, -0.2) is 38.7 Å². The summed E-state index contributed by atoms with van der Waals surface area (Å²) in [4.78, 5) is 12.2. The van der Waals surface area contributed by atoms with Gasteiger partial charge in [0.1, 0.15) is 0 Å². The average Bonchev–Trinajstić information content (AvgIpc) is 3.15. The molecule has 6 nitrogen and oxygen atoms in total. The Kier molecular flexibility index (Phi) is 5.59. The highest BCUT2D eigenvalue weighted by atomic mass is 16.3. The zero-order valence-electron chi connectivity index (χ0n) is 13.8. The van der Waals surface area contributed by atoms with E-state index in [0.29, 0.717) is 18.0 Å². The SMILES string of the molecule is O=C(NCCCC1CCCCC1O)c1ccc(-n2ccnn2)cc1. The Morgan fingerprint density at radius 2 is 2.04 bits per heavy atom. The predicted molar refractivity (Wildman–Crippen MR) is 90.9 cm³/mol. The number of nitrogens with one attached hydrogen (secondary N) is 1. The zero-order chi connectivity index (χ0) is 16.8. The molecule has 0 radical (unpaired) electrons. The van der Waals surface area contributed by atoms with Crippen molar-refractivity contribution < 1.29 is 9.90 Å². The van der Waals surface area contributed by atoms with Crippen LogP contribution in [0.25, 0.3) is 5.69 Å². The van der Waals surface area contributed by atoms with E-state index in [1.807, 2.05) is 12.1 Å². The van der Waals surface area contributed by atoms with Gasteiger partial charge in [0, 0.05) is 12.1 Å². The number of aromatic nitrogens is 3. The molecule has 1 heterocycles. The van der Waals surface area contributed by atoms with Crippen molar-refractivity contribution in [3.05, 3.63) is 42.2 Å². The summed E-state index contributed by atoms with van der Waals surface area (Å²) in [6, 6.07) is 7.28. The lowest BCUT2D eigenvalue weighted by atomic mass is 9.83. The van der Waals surface area contributed by atoms with Crippen LogP contribution in [-0.2, 0) is 0 Å². The highest BCUT2D eigenvalue weighted by molar-refractivity contribution is 5.94. The summed E-state index contributed by atoms with van der Waals surface area (Å²) in [6.07, 6.45) is 9.49. The zero-order valence-corrected chi connectivity index (χ0v) is 13.8. The Morgan fingerprint density at radius 3 is 2.75 bits per heavy atom. The third kappa shape index (κ3) is 4.20. The molecule has 0 spiro atoms. The molecule has 1 aromatic heterocycles. The van der Waals surface area contributed by atoms with E-state index in [1.54, 1.807) is 29.2 Å². The van der Waals surface area contributed by atoms with Crippen molar-refractivity contribution in [1.82, 2.24) is 20.3 Å². The lowest BCUT2D eigenvalue weighted by Crippen LogP contribution is -2.28. The van der Waals surface area contributed by atoms with Gasteiger partial charge in [0.2, 0.25) is 0 Å². The van der Waals surface area contributed by atoms with Gasteiger partial charge >= 0.3 is 0 Å². The molecule has 1 fully saturated rings. The summed E-state index contributed by atoms with van der Waals surface area (Å²) in [5, 5.41) is 20.6. The monoisotopic (exact) mass is 328 g/mol.